The van der Waals surface area contributed by atoms with Crippen molar-refractivity contribution in [3.63, 3.8) is 0 Å². The number of primary amides is 1. The summed E-state index contributed by atoms with van der Waals surface area (Å²) < 4.78 is 11.0. The highest BCUT2D eigenvalue weighted by atomic mass is 16.6. The number of aliphatic carboxylic acids is 1. The van der Waals surface area contributed by atoms with Gasteiger partial charge in [0.05, 0.1) is 25.7 Å². The number of ether oxygens (including phenoxy) is 2. The maximum atomic E-state index is 13.5. The number of hydrogen-bond acceptors (Lipinski definition) is 7. The van der Waals surface area contributed by atoms with Gasteiger partial charge < -0.3 is 30.5 Å². The number of nitrogens with two attached hydrogens (primary N) is 1. The van der Waals surface area contributed by atoms with E-state index in [-0.39, 0.29) is 39.1 Å². The molecule has 12 nitrogen and oxygen atoms in total. The van der Waals surface area contributed by atoms with Gasteiger partial charge in [0.1, 0.15) is 18.7 Å². The topological polar surface area (TPSA) is 169 Å². The zero-order valence-electron chi connectivity index (χ0n) is 19.3. The number of carbonyl (C=O) groups excluding carboxylic acids is 4. The third kappa shape index (κ3) is 7.15. The molecular weight excluding hydrogens is 460 g/mol. The van der Waals surface area contributed by atoms with Gasteiger partial charge in [0.25, 0.3) is 0 Å². The second-order valence-corrected chi connectivity index (χ2v) is 8.45. The van der Waals surface area contributed by atoms with E-state index in [0.717, 1.165) is 5.56 Å². The van der Waals surface area contributed by atoms with E-state index in [0.29, 0.717) is 19.4 Å². The molecule has 0 spiro atoms. The fourth-order valence-electron chi connectivity index (χ4n) is 4.25. The van der Waals surface area contributed by atoms with E-state index in [1.165, 1.54) is 9.80 Å². The number of carboxylic acids is 1. The number of benzene rings is 1. The van der Waals surface area contributed by atoms with Crippen molar-refractivity contribution >= 4 is 29.8 Å². The molecule has 0 bridgehead atoms. The van der Waals surface area contributed by atoms with Crippen molar-refractivity contribution in [2.45, 2.75) is 50.5 Å². The minimum absolute atomic E-state index is 0.0521. The van der Waals surface area contributed by atoms with Gasteiger partial charge in [-0.05, 0) is 18.4 Å². The Morgan fingerprint density at radius 2 is 1.83 bits per heavy atom. The summed E-state index contributed by atoms with van der Waals surface area (Å²) in [5.41, 5.74) is 5.92. The van der Waals surface area contributed by atoms with Crippen LogP contribution in [0.25, 0.3) is 0 Å². The van der Waals surface area contributed by atoms with Gasteiger partial charge in [0.15, 0.2) is 0 Å². The van der Waals surface area contributed by atoms with Crippen molar-refractivity contribution in [3.05, 3.63) is 35.9 Å². The van der Waals surface area contributed by atoms with Gasteiger partial charge in [-0.2, -0.15) is 0 Å². The molecule has 3 unspecified atom stereocenters. The van der Waals surface area contributed by atoms with E-state index in [1.54, 1.807) is 0 Å². The van der Waals surface area contributed by atoms with Crippen LogP contribution in [0.2, 0.25) is 0 Å². The number of carboxylic acid groups (broad SMARTS) is 1. The molecule has 3 atom stereocenters. The molecule has 1 aromatic rings. The number of carbonyl (C=O) groups is 5. The first-order valence-corrected chi connectivity index (χ1v) is 11.4. The quantitative estimate of drug-likeness (QED) is 0.407. The second-order valence-electron chi connectivity index (χ2n) is 8.45. The number of rotatable bonds is 10. The number of likely N-dealkylation sites (tertiary alicyclic amines) is 2. The SMILES string of the molecule is NC(=O)CNC(=O)C1CC(OCCC(=O)O)CN1C(=O)C1CCCN1C(=O)OCc1ccccc1. The molecule has 0 aliphatic carbocycles. The van der Waals surface area contributed by atoms with Crippen molar-refractivity contribution in [1.29, 1.82) is 0 Å². The Morgan fingerprint density at radius 3 is 2.51 bits per heavy atom. The summed E-state index contributed by atoms with van der Waals surface area (Å²) in [7, 11) is 0. The van der Waals surface area contributed by atoms with E-state index in [1.807, 2.05) is 30.3 Å². The largest absolute Gasteiger partial charge is 0.481 e. The summed E-state index contributed by atoms with van der Waals surface area (Å²) in [6.45, 7) is 0.00614. The third-order valence-electron chi connectivity index (χ3n) is 5.93. The predicted molar refractivity (Wildman–Crippen MR) is 121 cm³/mol. The molecule has 0 saturated carbocycles. The summed E-state index contributed by atoms with van der Waals surface area (Å²) in [5, 5.41) is 11.2. The molecule has 4 amide bonds. The van der Waals surface area contributed by atoms with Crippen molar-refractivity contribution in [1.82, 2.24) is 15.1 Å². The fourth-order valence-corrected chi connectivity index (χ4v) is 4.25. The van der Waals surface area contributed by atoms with Crippen LogP contribution in [0.5, 0.6) is 0 Å². The average Bonchev–Trinajstić information content (AvgIpc) is 3.49. The standard InChI is InChI=1S/C23H30N4O8/c24-19(28)12-25-21(31)18-11-16(34-10-8-20(29)30)13-27(18)22(32)17-7-4-9-26(17)23(33)35-14-15-5-2-1-3-6-15/h1-3,5-6,16-18H,4,7-14H2,(H2,24,28)(H,25,31)(H,29,30). The van der Waals surface area contributed by atoms with Crippen LogP contribution in [0.4, 0.5) is 4.79 Å². The number of amides is 4. The molecule has 12 heteroatoms. The van der Waals surface area contributed by atoms with E-state index < -0.39 is 48.0 Å². The van der Waals surface area contributed by atoms with Gasteiger partial charge in [-0.15, -0.1) is 0 Å². The highest BCUT2D eigenvalue weighted by Gasteiger charge is 2.45. The van der Waals surface area contributed by atoms with Crippen LogP contribution in [0.15, 0.2) is 30.3 Å². The van der Waals surface area contributed by atoms with Crippen LogP contribution in [0.1, 0.15) is 31.2 Å². The molecule has 2 aliphatic rings. The van der Waals surface area contributed by atoms with Gasteiger partial charge in [0.2, 0.25) is 17.7 Å². The molecule has 2 aliphatic heterocycles. The predicted octanol–water partition coefficient (Wildman–Crippen LogP) is -0.150. The monoisotopic (exact) mass is 490 g/mol. The second kappa shape index (κ2) is 12.2. The molecule has 190 valence electrons. The summed E-state index contributed by atoms with van der Waals surface area (Å²) in [6.07, 6.45) is -0.263. The average molecular weight is 491 g/mol. The lowest BCUT2D eigenvalue weighted by Crippen LogP contribution is -2.53. The van der Waals surface area contributed by atoms with E-state index >= 15 is 0 Å². The summed E-state index contributed by atoms with van der Waals surface area (Å²) in [4.78, 5) is 63.5. The highest BCUT2D eigenvalue weighted by Crippen LogP contribution is 2.27. The van der Waals surface area contributed by atoms with Gasteiger partial charge in [-0.1, -0.05) is 30.3 Å². The molecule has 2 heterocycles. The molecule has 4 N–H and O–H groups in total. The first kappa shape index (κ1) is 25.9. The van der Waals surface area contributed by atoms with Gasteiger partial charge in [0, 0.05) is 19.5 Å². The Morgan fingerprint density at radius 1 is 1.09 bits per heavy atom. The number of nitrogens with zero attached hydrogens (tertiary/aromatic N) is 2. The van der Waals surface area contributed by atoms with Gasteiger partial charge in [-0.3, -0.25) is 24.1 Å². The van der Waals surface area contributed by atoms with Crippen molar-refractivity contribution in [2.24, 2.45) is 5.73 Å². The minimum Gasteiger partial charge on any atom is -0.481 e. The van der Waals surface area contributed by atoms with Gasteiger partial charge in [-0.25, -0.2) is 4.79 Å². The Labute approximate surface area is 202 Å². The lowest BCUT2D eigenvalue weighted by Gasteiger charge is -2.30. The Bertz CT molecular complexity index is 941. The minimum atomic E-state index is -1.03. The molecule has 2 fully saturated rings. The first-order chi connectivity index (χ1) is 16.8. The molecule has 1 aromatic carbocycles. The van der Waals surface area contributed by atoms with E-state index in [4.69, 9.17) is 20.3 Å². The molecule has 3 rings (SSSR count). The lowest BCUT2D eigenvalue weighted by molar-refractivity contribution is -0.142. The summed E-state index contributed by atoms with van der Waals surface area (Å²) in [6, 6.07) is 7.41. The van der Waals surface area contributed by atoms with Crippen LogP contribution in [-0.4, -0.2) is 89.1 Å². The zero-order chi connectivity index (χ0) is 25.4. The normalized spacial score (nSPS) is 21.5. The highest BCUT2D eigenvalue weighted by molar-refractivity contribution is 5.93. The maximum absolute atomic E-state index is 13.5. The first-order valence-electron chi connectivity index (χ1n) is 11.4. The smallest absolute Gasteiger partial charge is 0.410 e. The zero-order valence-corrected chi connectivity index (χ0v) is 19.3. The van der Waals surface area contributed by atoms with Crippen LogP contribution in [0, 0.1) is 0 Å². The van der Waals surface area contributed by atoms with Gasteiger partial charge >= 0.3 is 12.1 Å². The van der Waals surface area contributed by atoms with Crippen LogP contribution >= 0.6 is 0 Å². The Balaban J connectivity index is 1.67. The van der Waals surface area contributed by atoms with Crippen LogP contribution < -0.4 is 11.1 Å². The Kier molecular flexibility index (Phi) is 9.01. The Hall–Kier alpha value is -3.67. The lowest BCUT2D eigenvalue weighted by atomic mass is 10.1. The van der Waals surface area contributed by atoms with Crippen molar-refractivity contribution < 1.29 is 38.6 Å². The molecule has 0 radical (unpaired) electrons. The third-order valence-corrected chi connectivity index (χ3v) is 5.93. The molecule has 35 heavy (non-hydrogen) atoms. The maximum Gasteiger partial charge on any atom is 0.410 e. The van der Waals surface area contributed by atoms with E-state index in [2.05, 4.69) is 5.32 Å². The van der Waals surface area contributed by atoms with Crippen molar-refractivity contribution in [2.75, 3.05) is 26.2 Å². The van der Waals surface area contributed by atoms with E-state index in [9.17, 15) is 24.0 Å². The number of hydrogen-bond donors (Lipinski definition) is 3. The molecule has 2 saturated heterocycles. The molecule has 0 aromatic heterocycles. The summed E-state index contributed by atoms with van der Waals surface area (Å²) >= 11 is 0. The van der Waals surface area contributed by atoms with Crippen LogP contribution in [0.3, 0.4) is 0 Å². The summed E-state index contributed by atoms with van der Waals surface area (Å²) in [5.74, 6) is -2.76. The number of nitrogens with one attached hydrogen (secondary N) is 1. The van der Waals surface area contributed by atoms with Crippen LogP contribution in [-0.2, 0) is 35.3 Å². The van der Waals surface area contributed by atoms with Crippen molar-refractivity contribution in [3.8, 4) is 0 Å². The fraction of sp³-hybridized carbons (Fsp3) is 0.522. The molecular formula is C23H30N4O8.